The summed E-state index contributed by atoms with van der Waals surface area (Å²) in [7, 11) is 1.38. The Morgan fingerprint density at radius 1 is 0.778 bits per heavy atom. The smallest absolute Gasteiger partial charge is 0.338 e. The molecule has 0 aliphatic carbocycles. The van der Waals surface area contributed by atoms with Gasteiger partial charge in [-0.2, -0.15) is 0 Å². The Morgan fingerprint density at radius 3 is 2.19 bits per heavy atom. The number of halogens is 1. The summed E-state index contributed by atoms with van der Waals surface area (Å²) in [4.78, 5) is 48.3. The summed E-state index contributed by atoms with van der Waals surface area (Å²) in [5.41, 5.74) is 5.46. The van der Waals surface area contributed by atoms with Gasteiger partial charge in [0.05, 0.1) is 12.7 Å². The van der Waals surface area contributed by atoms with E-state index in [1.54, 1.807) is 54.6 Å². The second-order valence-corrected chi connectivity index (χ2v) is 8.07. The van der Waals surface area contributed by atoms with Crippen LogP contribution in [0.5, 0.6) is 11.5 Å². The maximum atomic E-state index is 12.3. The maximum absolute atomic E-state index is 12.3. The van der Waals surface area contributed by atoms with Crippen molar-refractivity contribution in [1.82, 2.24) is 10.9 Å². The first-order valence-corrected chi connectivity index (χ1v) is 11.3. The topological polar surface area (TPSA) is 132 Å². The zero-order valence-corrected chi connectivity index (χ0v) is 20.7. The molecule has 10 nitrogen and oxygen atoms in total. The van der Waals surface area contributed by atoms with E-state index in [-0.39, 0.29) is 29.6 Å². The number of ether oxygens (including phenoxy) is 3. The third kappa shape index (κ3) is 7.84. The highest BCUT2D eigenvalue weighted by atomic mass is 79.9. The highest BCUT2D eigenvalue weighted by Crippen LogP contribution is 2.28. The van der Waals surface area contributed by atoms with Crippen LogP contribution in [0.15, 0.2) is 77.3 Å². The van der Waals surface area contributed by atoms with Crippen LogP contribution in [0, 0.1) is 0 Å². The molecule has 3 rings (SSSR count). The number of nitrogens with one attached hydrogen (secondary N) is 3. The van der Waals surface area contributed by atoms with E-state index in [4.69, 9.17) is 14.2 Å². The third-order valence-corrected chi connectivity index (χ3v) is 5.10. The second kappa shape index (κ2) is 12.9. The number of hydrogen-bond donors (Lipinski definition) is 3. The van der Waals surface area contributed by atoms with E-state index in [1.807, 2.05) is 0 Å². The van der Waals surface area contributed by atoms with Crippen LogP contribution in [0.2, 0.25) is 0 Å². The third-order valence-electron chi connectivity index (χ3n) is 4.57. The number of rotatable bonds is 9. The molecule has 0 unspecified atom stereocenters. The summed E-state index contributed by atoms with van der Waals surface area (Å²) in [6, 6.07) is 19.6. The SMILES string of the molecule is COc1cc(C(=O)OCC(=O)NNC(=O)c2ccccc2)ccc1OCC(=O)Nc1ccc(Br)cc1. The molecule has 0 spiro atoms. The summed E-state index contributed by atoms with van der Waals surface area (Å²) in [6.45, 7) is -0.907. The van der Waals surface area contributed by atoms with Gasteiger partial charge in [-0.1, -0.05) is 34.1 Å². The number of esters is 1. The van der Waals surface area contributed by atoms with Crippen molar-refractivity contribution in [2.75, 3.05) is 25.6 Å². The molecule has 0 aliphatic heterocycles. The molecule has 0 fully saturated rings. The van der Waals surface area contributed by atoms with Crippen molar-refractivity contribution in [2.45, 2.75) is 0 Å². The summed E-state index contributed by atoms with van der Waals surface area (Å²) >= 11 is 3.32. The number of methoxy groups -OCH3 is 1. The van der Waals surface area contributed by atoms with Crippen LogP contribution in [0.4, 0.5) is 5.69 Å². The monoisotopic (exact) mass is 555 g/mol. The normalized spacial score (nSPS) is 10.1. The predicted octanol–water partition coefficient (Wildman–Crippen LogP) is 3.09. The Morgan fingerprint density at radius 2 is 1.50 bits per heavy atom. The lowest BCUT2D eigenvalue weighted by Crippen LogP contribution is -2.43. The minimum atomic E-state index is -0.794. The fraction of sp³-hybridized carbons (Fsp3) is 0.120. The molecule has 0 saturated carbocycles. The molecule has 0 radical (unpaired) electrons. The van der Waals surface area contributed by atoms with Crippen LogP contribution in [-0.2, 0) is 14.3 Å². The molecule has 3 aromatic carbocycles. The van der Waals surface area contributed by atoms with E-state index >= 15 is 0 Å². The number of carbonyl (C=O) groups is 4. The molecule has 0 aromatic heterocycles. The maximum Gasteiger partial charge on any atom is 0.338 e. The van der Waals surface area contributed by atoms with E-state index in [0.29, 0.717) is 11.3 Å². The fourth-order valence-electron chi connectivity index (χ4n) is 2.83. The van der Waals surface area contributed by atoms with Gasteiger partial charge in [0.2, 0.25) is 0 Å². The number of hydrogen-bond acceptors (Lipinski definition) is 7. The van der Waals surface area contributed by atoms with Gasteiger partial charge in [0.1, 0.15) is 0 Å². The Bertz CT molecular complexity index is 1230. The van der Waals surface area contributed by atoms with Crippen LogP contribution in [0.1, 0.15) is 20.7 Å². The van der Waals surface area contributed by atoms with Gasteiger partial charge in [-0.3, -0.25) is 25.2 Å². The Kier molecular flexibility index (Phi) is 9.40. The first-order chi connectivity index (χ1) is 17.4. The summed E-state index contributed by atoms with van der Waals surface area (Å²) in [6.07, 6.45) is 0. The van der Waals surface area contributed by atoms with Gasteiger partial charge in [-0.05, 0) is 54.6 Å². The Hall–Kier alpha value is -4.38. The number of carbonyl (C=O) groups excluding carboxylic acids is 4. The largest absolute Gasteiger partial charge is 0.493 e. The number of anilines is 1. The fourth-order valence-corrected chi connectivity index (χ4v) is 3.09. The molecule has 3 amide bonds. The van der Waals surface area contributed by atoms with Crippen LogP contribution in [-0.4, -0.2) is 44.0 Å². The van der Waals surface area contributed by atoms with Crippen molar-refractivity contribution in [3.05, 3.63) is 88.4 Å². The highest BCUT2D eigenvalue weighted by molar-refractivity contribution is 9.10. The number of benzene rings is 3. The molecular formula is C25H22BrN3O7. The van der Waals surface area contributed by atoms with E-state index in [2.05, 4.69) is 32.1 Å². The Balaban J connectivity index is 1.47. The lowest BCUT2D eigenvalue weighted by Gasteiger charge is -2.12. The lowest BCUT2D eigenvalue weighted by molar-refractivity contribution is -0.125. The molecule has 36 heavy (non-hydrogen) atoms. The van der Waals surface area contributed by atoms with Crippen LogP contribution in [0.3, 0.4) is 0 Å². The van der Waals surface area contributed by atoms with Crippen molar-refractivity contribution in [3.63, 3.8) is 0 Å². The average Bonchev–Trinajstić information content (AvgIpc) is 2.90. The van der Waals surface area contributed by atoms with Gasteiger partial charge in [-0.25, -0.2) is 4.79 Å². The van der Waals surface area contributed by atoms with Crippen molar-refractivity contribution in [2.24, 2.45) is 0 Å². The molecule has 0 saturated heterocycles. The minimum Gasteiger partial charge on any atom is -0.493 e. The molecule has 3 N–H and O–H groups in total. The number of amides is 3. The average molecular weight is 556 g/mol. The molecule has 186 valence electrons. The molecule has 11 heteroatoms. The summed E-state index contributed by atoms with van der Waals surface area (Å²) < 4.78 is 16.6. The van der Waals surface area contributed by atoms with Crippen LogP contribution >= 0.6 is 15.9 Å². The zero-order chi connectivity index (χ0) is 25.9. The van der Waals surface area contributed by atoms with E-state index in [1.165, 1.54) is 25.3 Å². The van der Waals surface area contributed by atoms with E-state index in [0.717, 1.165) is 4.47 Å². The number of hydrazine groups is 1. The summed E-state index contributed by atoms with van der Waals surface area (Å²) in [5, 5.41) is 2.70. The molecule has 0 bridgehead atoms. The highest BCUT2D eigenvalue weighted by Gasteiger charge is 2.15. The van der Waals surface area contributed by atoms with Crippen LogP contribution in [0.25, 0.3) is 0 Å². The van der Waals surface area contributed by atoms with Crippen molar-refractivity contribution in [3.8, 4) is 11.5 Å². The second-order valence-electron chi connectivity index (χ2n) is 7.15. The summed E-state index contributed by atoms with van der Waals surface area (Å²) in [5.74, 6) is -1.98. The minimum absolute atomic E-state index is 0.0969. The van der Waals surface area contributed by atoms with Crippen molar-refractivity contribution < 1.29 is 33.4 Å². The molecular weight excluding hydrogens is 534 g/mol. The van der Waals surface area contributed by atoms with Gasteiger partial charge in [0.15, 0.2) is 24.7 Å². The van der Waals surface area contributed by atoms with Gasteiger partial charge in [0, 0.05) is 15.7 Å². The lowest BCUT2D eigenvalue weighted by atomic mass is 10.2. The molecule has 0 heterocycles. The standard InChI is InChI=1S/C25H22BrN3O7/c1-34-21-13-17(7-12-20(21)35-14-22(30)27-19-10-8-18(26)9-11-19)25(33)36-15-23(31)28-29-24(32)16-5-3-2-4-6-16/h2-13H,14-15H2,1H3,(H,27,30)(H,28,31)(H,29,32). The quantitative estimate of drug-likeness (QED) is 0.273. The van der Waals surface area contributed by atoms with Gasteiger partial charge in [0.25, 0.3) is 17.7 Å². The van der Waals surface area contributed by atoms with Crippen LogP contribution < -0.4 is 25.6 Å². The first kappa shape index (κ1) is 26.2. The van der Waals surface area contributed by atoms with Crippen molar-refractivity contribution in [1.29, 1.82) is 0 Å². The molecule has 0 aliphatic rings. The van der Waals surface area contributed by atoms with E-state index < -0.39 is 24.4 Å². The Labute approximate surface area is 215 Å². The predicted molar refractivity (Wildman–Crippen MR) is 134 cm³/mol. The van der Waals surface area contributed by atoms with E-state index in [9.17, 15) is 19.2 Å². The molecule has 0 atom stereocenters. The van der Waals surface area contributed by atoms with Gasteiger partial charge < -0.3 is 19.5 Å². The van der Waals surface area contributed by atoms with Gasteiger partial charge >= 0.3 is 5.97 Å². The first-order valence-electron chi connectivity index (χ1n) is 10.5. The van der Waals surface area contributed by atoms with Crippen molar-refractivity contribution >= 4 is 45.3 Å². The van der Waals surface area contributed by atoms with Gasteiger partial charge in [-0.15, -0.1) is 0 Å². The zero-order valence-electron chi connectivity index (χ0n) is 19.1. The molecule has 3 aromatic rings.